The van der Waals surface area contributed by atoms with Crippen molar-refractivity contribution in [2.75, 3.05) is 6.61 Å². The van der Waals surface area contributed by atoms with Crippen molar-refractivity contribution in [1.29, 1.82) is 0 Å². The minimum Gasteiger partial charge on any atom is -0.374 e. The molecule has 90 valence electrons. The number of hydrogen-bond donors (Lipinski definition) is 0. The minimum atomic E-state index is 0.397. The molecule has 0 radical (unpaired) electrons. The Morgan fingerprint density at radius 2 is 2.18 bits per heavy atom. The van der Waals surface area contributed by atoms with E-state index in [1.165, 1.54) is 4.88 Å². The number of thiophene rings is 1. The molecule has 0 aliphatic carbocycles. The zero-order valence-electron chi connectivity index (χ0n) is 9.74. The van der Waals surface area contributed by atoms with Crippen molar-refractivity contribution in [3.63, 3.8) is 0 Å². The monoisotopic (exact) mass is 268 g/mol. The summed E-state index contributed by atoms with van der Waals surface area (Å²) in [6.45, 7) is 5.05. The lowest BCUT2D eigenvalue weighted by Gasteiger charge is -2.03. The maximum absolute atomic E-state index is 5.98. The van der Waals surface area contributed by atoms with Crippen LogP contribution < -0.4 is 0 Å². The summed E-state index contributed by atoms with van der Waals surface area (Å²) in [4.78, 5) is 10.9. The number of aromatic nitrogens is 2. The Hall–Kier alpha value is -0.970. The zero-order valence-corrected chi connectivity index (χ0v) is 11.3. The average Bonchev–Trinajstić information content (AvgIpc) is 2.72. The molecule has 0 aliphatic rings. The van der Waals surface area contributed by atoms with E-state index in [0.717, 1.165) is 10.6 Å². The molecule has 0 spiro atoms. The van der Waals surface area contributed by atoms with Crippen molar-refractivity contribution in [3.05, 3.63) is 34.1 Å². The molecule has 2 aromatic heterocycles. The summed E-state index contributed by atoms with van der Waals surface area (Å²) >= 11 is 7.68. The number of hydrogen-bond acceptors (Lipinski definition) is 4. The van der Waals surface area contributed by atoms with Crippen LogP contribution in [0.15, 0.2) is 18.2 Å². The van der Waals surface area contributed by atoms with Gasteiger partial charge in [0.1, 0.15) is 11.8 Å². The molecule has 0 fully saturated rings. The molecule has 0 aliphatic heterocycles. The fraction of sp³-hybridized carbons (Fsp3) is 0.333. The van der Waals surface area contributed by atoms with Gasteiger partial charge in [-0.1, -0.05) is 11.6 Å². The van der Waals surface area contributed by atoms with Crippen molar-refractivity contribution in [2.45, 2.75) is 20.5 Å². The second-order valence-corrected chi connectivity index (χ2v) is 5.21. The smallest absolute Gasteiger partial charge is 0.156 e. The number of ether oxygens (including phenoxy) is 1. The maximum atomic E-state index is 5.98. The molecule has 0 atom stereocenters. The van der Waals surface area contributed by atoms with Gasteiger partial charge in [0.25, 0.3) is 0 Å². The summed E-state index contributed by atoms with van der Waals surface area (Å²) in [6, 6.07) is 5.89. The van der Waals surface area contributed by atoms with E-state index in [2.05, 4.69) is 23.0 Å². The molecule has 5 heteroatoms. The van der Waals surface area contributed by atoms with Crippen molar-refractivity contribution >= 4 is 22.9 Å². The summed E-state index contributed by atoms with van der Waals surface area (Å²) in [5, 5.41) is 0.454. The first-order valence-corrected chi connectivity index (χ1v) is 6.56. The molecular weight excluding hydrogens is 256 g/mol. The van der Waals surface area contributed by atoms with Crippen molar-refractivity contribution in [2.24, 2.45) is 0 Å². The molecule has 2 aromatic rings. The van der Waals surface area contributed by atoms with E-state index in [0.29, 0.717) is 24.2 Å². The van der Waals surface area contributed by atoms with E-state index in [9.17, 15) is 0 Å². The predicted molar refractivity (Wildman–Crippen MR) is 70.4 cm³/mol. The lowest BCUT2D eigenvalue weighted by molar-refractivity contribution is 0.128. The second kappa shape index (κ2) is 5.58. The predicted octanol–water partition coefficient (Wildman–Crippen LogP) is 3.70. The molecule has 3 nitrogen and oxygen atoms in total. The summed E-state index contributed by atoms with van der Waals surface area (Å²) in [7, 11) is 0. The highest BCUT2D eigenvalue weighted by atomic mass is 35.5. The molecule has 0 unspecified atom stereocenters. The van der Waals surface area contributed by atoms with E-state index >= 15 is 0 Å². The largest absolute Gasteiger partial charge is 0.374 e. The van der Waals surface area contributed by atoms with E-state index in [1.54, 1.807) is 17.4 Å². The van der Waals surface area contributed by atoms with E-state index < -0.39 is 0 Å². The first kappa shape index (κ1) is 12.5. The van der Waals surface area contributed by atoms with E-state index in [4.69, 9.17) is 16.3 Å². The standard InChI is InChI=1S/C12H13ClN2OS/c1-3-16-7-12-14-9(6-11(13)15-12)10-5-4-8(2)17-10/h4-6H,3,7H2,1-2H3. The Bertz CT molecular complexity index is 513. The van der Waals surface area contributed by atoms with Crippen molar-refractivity contribution in [3.8, 4) is 10.6 Å². The lowest BCUT2D eigenvalue weighted by Crippen LogP contribution is -2.00. The molecule has 0 saturated heterocycles. The molecule has 0 amide bonds. The zero-order chi connectivity index (χ0) is 12.3. The van der Waals surface area contributed by atoms with Crippen LogP contribution in [0.2, 0.25) is 5.15 Å². The van der Waals surface area contributed by atoms with Crippen LogP contribution in [0.5, 0.6) is 0 Å². The molecule has 2 rings (SSSR count). The van der Waals surface area contributed by atoms with Gasteiger partial charge in [0.05, 0.1) is 10.6 Å². The van der Waals surface area contributed by atoms with Crippen LogP contribution in [0.1, 0.15) is 17.6 Å². The van der Waals surface area contributed by atoms with Gasteiger partial charge in [0, 0.05) is 17.6 Å². The number of nitrogens with zero attached hydrogens (tertiary/aromatic N) is 2. The van der Waals surface area contributed by atoms with Crippen LogP contribution in [0.4, 0.5) is 0 Å². The van der Waals surface area contributed by atoms with Crippen LogP contribution in [0.3, 0.4) is 0 Å². The highest BCUT2D eigenvalue weighted by molar-refractivity contribution is 7.15. The summed E-state index contributed by atoms with van der Waals surface area (Å²) in [6.07, 6.45) is 0. The Kier molecular flexibility index (Phi) is 4.10. The number of rotatable bonds is 4. The third kappa shape index (κ3) is 3.25. The quantitative estimate of drug-likeness (QED) is 0.793. The molecule has 0 saturated carbocycles. The van der Waals surface area contributed by atoms with Gasteiger partial charge in [-0.3, -0.25) is 0 Å². The Morgan fingerprint density at radius 1 is 1.35 bits per heavy atom. The van der Waals surface area contributed by atoms with Crippen LogP contribution in [-0.4, -0.2) is 16.6 Å². The summed E-state index contributed by atoms with van der Waals surface area (Å²) in [5.41, 5.74) is 0.859. The Labute approximate surface area is 109 Å². The summed E-state index contributed by atoms with van der Waals surface area (Å²) < 4.78 is 5.29. The fourth-order valence-corrected chi connectivity index (χ4v) is 2.45. The third-order valence-corrected chi connectivity index (χ3v) is 3.39. The van der Waals surface area contributed by atoms with Gasteiger partial charge in [-0.25, -0.2) is 9.97 Å². The lowest BCUT2D eigenvalue weighted by atomic mass is 10.3. The van der Waals surface area contributed by atoms with Crippen LogP contribution in [-0.2, 0) is 11.3 Å². The topological polar surface area (TPSA) is 35.0 Å². The van der Waals surface area contributed by atoms with E-state index in [1.807, 2.05) is 13.0 Å². The highest BCUT2D eigenvalue weighted by Crippen LogP contribution is 2.27. The molecule has 0 bridgehead atoms. The minimum absolute atomic E-state index is 0.397. The van der Waals surface area contributed by atoms with Gasteiger partial charge in [0.2, 0.25) is 0 Å². The van der Waals surface area contributed by atoms with Gasteiger partial charge in [-0.05, 0) is 26.0 Å². The number of aryl methyl sites for hydroxylation is 1. The SMILES string of the molecule is CCOCc1nc(Cl)cc(-c2ccc(C)s2)n1. The van der Waals surface area contributed by atoms with Gasteiger partial charge < -0.3 is 4.74 Å². The Morgan fingerprint density at radius 3 is 2.82 bits per heavy atom. The second-order valence-electron chi connectivity index (χ2n) is 3.54. The maximum Gasteiger partial charge on any atom is 0.156 e. The Balaban J connectivity index is 2.31. The van der Waals surface area contributed by atoms with Crippen LogP contribution >= 0.6 is 22.9 Å². The van der Waals surface area contributed by atoms with Gasteiger partial charge in [-0.15, -0.1) is 11.3 Å². The third-order valence-electron chi connectivity index (χ3n) is 2.17. The highest BCUT2D eigenvalue weighted by Gasteiger charge is 2.07. The summed E-state index contributed by atoms with van der Waals surface area (Å²) in [5.74, 6) is 0.625. The van der Waals surface area contributed by atoms with Gasteiger partial charge >= 0.3 is 0 Å². The van der Waals surface area contributed by atoms with Crippen molar-refractivity contribution in [1.82, 2.24) is 9.97 Å². The molecule has 0 N–H and O–H groups in total. The number of halogens is 1. The van der Waals surface area contributed by atoms with Crippen LogP contribution in [0.25, 0.3) is 10.6 Å². The molecule has 2 heterocycles. The average molecular weight is 269 g/mol. The van der Waals surface area contributed by atoms with E-state index in [-0.39, 0.29) is 0 Å². The van der Waals surface area contributed by atoms with Crippen molar-refractivity contribution < 1.29 is 4.74 Å². The first-order valence-electron chi connectivity index (χ1n) is 5.37. The molecular formula is C12H13ClN2OS. The van der Waals surface area contributed by atoms with Crippen LogP contribution in [0, 0.1) is 6.92 Å². The molecule has 0 aromatic carbocycles. The normalized spacial score (nSPS) is 10.8. The first-order chi connectivity index (χ1) is 8.19. The molecule has 17 heavy (non-hydrogen) atoms. The fourth-order valence-electron chi connectivity index (χ4n) is 1.42. The van der Waals surface area contributed by atoms with Gasteiger partial charge in [0.15, 0.2) is 5.82 Å². The van der Waals surface area contributed by atoms with Gasteiger partial charge in [-0.2, -0.15) is 0 Å².